The highest BCUT2D eigenvalue weighted by Crippen LogP contribution is 2.56. The fourth-order valence-corrected chi connectivity index (χ4v) is 5.73. The first-order valence-corrected chi connectivity index (χ1v) is 11.6. The van der Waals surface area contributed by atoms with Gasteiger partial charge in [0.1, 0.15) is 12.0 Å². The molecule has 34 heavy (non-hydrogen) atoms. The van der Waals surface area contributed by atoms with E-state index in [1.165, 1.54) is 45.2 Å². The van der Waals surface area contributed by atoms with E-state index in [1.54, 1.807) is 6.08 Å². The molecule has 0 aliphatic heterocycles. The third-order valence-corrected chi connectivity index (χ3v) is 7.13. The van der Waals surface area contributed by atoms with E-state index < -0.39 is 6.17 Å². The van der Waals surface area contributed by atoms with Gasteiger partial charge in [-0.1, -0.05) is 84.9 Å². The second-order valence-electron chi connectivity index (χ2n) is 9.03. The van der Waals surface area contributed by atoms with Gasteiger partial charge in [-0.2, -0.15) is 0 Å². The standard InChI is InChI=1S/C32H20F2/c33-22-15-11-20(12-16-22)29-24-7-1-2-8-25(24)30(21-13-17-23(34)18-14-21)32-27-10-4-6-19-5-3-9-26(28(19)27)31(29)32/h1-17,23H,18H2. The Morgan fingerprint density at radius 3 is 1.94 bits per heavy atom. The van der Waals surface area contributed by atoms with Gasteiger partial charge < -0.3 is 0 Å². The Bertz CT molecular complexity index is 1680. The molecule has 2 heteroatoms. The van der Waals surface area contributed by atoms with Gasteiger partial charge in [0, 0.05) is 6.42 Å². The van der Waals surface area contributed by atoms with Crippen LogP contribution in [0.15, 0.2) is 103 Å². The fraction of sp³-hybridized carbons (Fsp3) is 0.0625. The normalized spacial score (nSPS) is 16.2. The molecule has 0 nitrogen and oxygen atoms in total. The molecule has 5 aromatic carbocycles. The largest absolute Gasteiger partial charge is 0.243 e. The minimum absolute atomic E-state index is 0.245. The van der Waals surface area contributed by atoms with E-state index >= 15 is 0 Å². The summed E-state index contributed by atoms with van der Waals surface area (Å²) in [6.45, 7) is 0. The lowest BCUT2D eigenvalue weighted by molar-refractivity contribution is 0.402. The van der Waals surface area contributed by atoms with Gasteiger partial charge >= 0.3 is 0 Å². The van der Waals surface area contributed by atoms with E-state index in [-0.39, 0.29) is 5.82 Å². The van der Waals surface area contributed by atoms with Crippen molar-refractivity contribution in [2.75, 3.05) is 0 Å². The highest BCUT2D eigenvalue weighted by atomic mass is 19.1. The molecule has 0 radical (unpaired) electrons. The van der Waals surface area contributed by atoms with Crippen molar-refractivity contribution < 1.29 is 8.78 Å². The third-order valence-electron chi connectivity index (χ3n) is 7.13. The van der Waals surface area contributed by atoms with Crippen LogP contribution in [0, 0.1) is 5.82 Å². The molecule has 0 aromatic heterocycles. The van der Waals surface area contributed by atoms with Gasteiger partial charge in [-0.05, 0) is 84.3 Å². The predicted molar refractivity (Wildman–Crippen MR) is 138 cm³/mol. The molecule has 5 aromatic rings. The summed E-state index contributed by atoms with van der Waals surface area (Å²) in [5, 5.41) is 4.68. The van der Waals surface area contributed by atoms with E-state index in [1.807, 2.05) is 24.3 Å². The van der Waals surface area contributed by atoms with E-state index in [0.717, 1.165) is 33.0 Å². The average Bonchev–Trinajstić information content (AvgIpc) is 3.20. The number of halogens is 2. The molecule has 1 unspecified atom stereocenters. The first kappa shape index (κ1) is 19.4. The second kappa shape index (κ2) is 7.23. The van der Waals surface area contributed by atoms with Crippen LogP contribution in [-0.4, -0.2) is 6.17 Å². The molecule has 162 valence electrons. The summed E-state index contributed by atoms with van der Waals surface area (Å²) < 4.78 is 27.9. The van der Waals surface area contributed by atoms with Gasteiger partial charge in [0.25, 0.3) is 0 Å². The summed E-state index contributed by atoms with van der Waals surface area (Å²) in [6, 6.07) is 28.1. The van der Waals surface area contributed by atoms with Crippen LogP contribution >= 0.6 is 0 Å². The Hall–Kier alpha value is -4.04. The summed E-state index contributed by atoms with van der Waals surface area (Å²) >= 11 is 0. The molecular formula is C32H20F2. The van der Waals surface area contributed by atoms with Gasteiger partial charge in [-0.3, -0.25) is 0 Å². The van der Waals surface area contributed by atoms with Crippen LogP contribution in [0.5, 0.6) is 0 Å². The van der Waals surface area contributed by atoms with Crippen LogP contribution < -0.4 is 0 Å². The molecular weight excluding hydrogens is 422 g/mol. The van der Waals surface area contributed by atoms with E-state index in [9.17, 15) is 8.78 Å². The van der Waals surface area contributed by atoms with Crippen LogP contribution in [0.25, 0.3) is 60.5 Å². The first-order chi connectivity index (χ1) is 16.7. The first-order valence-electron chi connectivity index (χ1n) is 11.6. The number of rotatable bonds is 2. The molecule has 2 aliphatic rings. The van der Waals surface area contributed by atoms with E-state index in [4.69, 9.17) is 0 Å². The SMILES string of the molecule is Fc1ccc(-c2c3c(c(C4=CCC(F)C=C4)c4ccccc24)-c2cccc4cccc-3c24)cc1. The maximum atomic E-state index is 14.0. The quantitative estimate of drug-likeness (QED) is 0.251. The summed E-state index contributed by atoms with van der Waals surface area (Å²) in [4.78, 5) is 0. The average molecular weight is 443 g/mol. The molecule has 2 aliphatic carbocycles. The Morgan fingerprint density at radius 2 is 1.29 bits per heavy atom. The van der Waals surface area contributed by atoms with Crippen LogP contribution in [0.4, 0.5) is 8.78 Å². The topological polar surface area (TPSA) is 0 Å². The molecule has 0 saturated carbocycles. The Morgan fingerprint density at radius 1 is 0.647 bits per heavy atom. The zero-order valence-electron chi connectivity index (χ0n) is 18.4. The molecule has 0 fully saturated rings. The molecule has 7 rings (SSSR count). The lowest BCUT2D eigenvalue weighted by Gasteiger charge is -2.22. The summed E-state index contributed by atoms with van der Waals surface area (Å²) in [7, 11) is 0. The monoisotopic (exact) mass is 442 g/mol. The summed E-state index contributed by atoms with van der Waals surface area (Å²) in [6.07, 6.45) is 5.05. The third kappa shape index (κ3) is 2.69. The van der Waals surface area contributed by atoms with Crippen molar-refractivity contribution in [1.29, 1.82) is 0 Å². The van der Waals surface area contributed by atoms with Crippen LogP contribution in [0.3, 0.4) is 0 Å². The van der Waals surface area contributed by atoms with Crippen molar-refractivity contribution in [1.82, 2.24) is 0 Å². The van der Waals surface area contributed by atoms with Crippen LogP contribution in [-0.2, 0) is 0 Å². The lowest BCUT2D eigenvalue weighted by Crippen LogP contribution is -2.01. The minimum Gasteiger partial charge on any atom is -0.243 e. The van der Waals surface area contributed by atoms with E-state index in [2.05, 4.69) is 60.7 Å². The van der Waals surface area contributed by atoms with Crippen molar-refractivity contribution in [3.8, 4) is 33.4 Å². The highest BCUT2D eigenvalue weighted by Gasteiger charge is 2.30. The maximum absolute atomic E-state index is 14.0. The minimum atomic E-state index is -0.942. The van der Waals surface area contributed by atoms with Crippen molar-refractivity contribution in [3.05, 3.63) is 115 Å². The summed E-state index contributed by atoms with van der Waals surface area (Å²) in [5.74, 6) is -0.245. The zero-order valence-corrected chi connectivity index (χ0v) is 18.4. The number of hydrogen-bond acceptors (Lipinski definition) is 0. The Labute approximate surface area is 196 Å². The highest BCUT2D eigenvalue weighted by molar-refractivity contribution is 6.26. The molecule has 0 saturated heterocycles. The van der Waals surface area contributed by atoms with Crippen LogP contribution in [0.2, 0.25) is 0 Å². The van der Waals surface area contributed by atoms with Gasteiger partial charge in [-0.25, -0.2) is 8.78 Å². The second-order valence-corrected chi connectivity index (χ2v) is 9.03. The van der Waals surface area contributed by atoms with Gasteiger partial charge in [0.15, 0.2) is 0 Å². The predicted octanol–water partition coefficient (Wildman–Crippen LogP) is 9.13. The number of hydrogen-bond donors (Lipinski definition) is 0. The molecule has 0 heterocycles. The molecule has 0 amide bonds. The van der Waals surface area contributed by atoms with Crippen molar-refractivity contribution >= 4 is 27.1 Å². The number of allylic oxidation sites excluding steroid dienone is 4. The van der Waals surface area contributed by atoms with Crippen molar-refractivity contribution in [2.45, 2.75) is 12.6 Å². The molecule has 0 bridgehead atoms. The Balaban J connectivity index is 1.71. The zero-order chi connectivity index (χ0) is 22.8. The molecule has 0 spiro atoms. The molecule has 0 N–H and O–H groups in total. The van der Waals surface area contributed by atoms with Crippen LogP contribution in [0.1, 0.15) is 12.0 Å². The van der Waals surface area contributed by atoms with Crippen molar-refractivity contribution in [2.24, 2.45) is 0 Å². The fourth-order valence-electron chi connectivity index (χ4n) is 5.73. The van der Waals surface area contributed by atoms with E-state index in [0.29, 0.717) is 6.42 Å². The smallest absolute Gasteiger partial charge is 0.123 e. The Kier molecular flexibility index (Phi) is 4.13. The maximum Gasteiger partial charge on any atom is 0.123 e. The van der Waals surface area contributed by atoms with Gasteiger partial charge in [0.2, 0.25) is 0 Å². The van der Waals surface area contributed by atoms with Gasteiger partial charge in [-0.15, -0.1) is 0 Å². The van der Waals surface area contributed by atoms with Crippen molar-refractivity contribution in [3.63, 3.8) is 0 Å². The number of fused-ring (bicyclic) bond motifs is 4. The van der Waals surface area contributed by atoms with Gasteiger partial charge in [0.05, 0.1) is 0 Å². The molecule has 1 atom stereocenters. The summed E-state index contributed by atoms with van der Waals surface area (Å²) in [5.41, 5.74) is 9.04. The number of benzene rings is 5. The lowest BCUT2D eigenvalue weighted by atomic mass is 9.81. The number of alkyl halides is 1.